The van der Waals surface area contributed by atoms with Crippen molar-refractivity contribution in [2.24, 2.45) is 0 Å². The summed E-state index contributed by atoms with van der Waals surface area (Å²) in [6.45, 7) is 2.48. The second-order valence-electron chi connectivity index (χ2n) is 5.68. The van der Waals surface area contributed by atoms with E-state index in [9.17, 15) is 4.79 Å². The molecule has 0 N–H and O–H groups in total. The van der Waals surface area contributed by atoms with Gasteiger partial charge in [0.05, 0.1) is 6.04 Å². The van der Waals surface area contributed by atoms with Crippen molar-refractivity contribution in [2.75, 3.05) is 18.5 Å². The van der Waals surface area contributed by atoms with Crippen LogP contribution in [0.1, 0.15) is 31.4 Å². The molecule has 4 heteroatoms. The third-order valence-electron chi connectivity index (χ3n) is 4.29. The minimum atomic E-state index is 0.132. The van der Waals surface area contributed by atoms with Crippen LogP contribution in [0.25, 0.3) is 0 Å². The van der Waals surface area contributed by atoms with Crippen LogP contribution in [0.2, 0.25) is 0 Å². The molecule has 1 atom stereocenters. The van der Waals surface area contributed by atoms with E-state index < -0.39 is 0 Å². The number of carbonyl (C=O) groups is 1. The zero-order chi connectivity index (χ0) is 15.5. The Kier molecular flexibility index (Phi) is 4.09. The third-order valence-corrected chi connectivity index (χ3v) is 4.29. The van der Waals surface area contributed by atoms with E-state index >= 15 is 0 Å². The molecule has 0 radical (unpaired) electrons. The molecule has 1 aliphatic rings. The van der Waals surface area contributed by atoms with Crippen molar-refractivity contribution in [2.45, 2.75) is 25.8 Å². The van der Waals surface area contributed by atoms with Crippen molar-refractivity contribution < 1.29 is 4.79 Å². The molecule has 22 heavy (non-hydrogen) atoms. The Morgan fingerprint density at radius 2 is 2.00 bits per heavy atom. The van der Waals surface area contributed by atoms with Gasteiger partial charge in [-0.2, -0.15) is 0 Å². The maximum absolute atomic E-state index is 11.9. The summed E-state index contributed by atoms with van der Waals surface area (Å²) in [5.41, 5.74) is 2.22. The van der Waals surface area contributed by atoms with Crippen molar-refractivity contribution >= 4 is 17.4 Å². The number of para-hydroxylation sites is 1. The van der Waals surface area contributed by atoms with E-state index in [1.165, 1.54) is 0 Å². The SMILES string of the molecule is CC(=O)N1CCCC1c1cccnc1N(C)c1ccccc1. The third kappa shape index (κ3) is 2.69. The molecule has 114 valence electrons. The number of hydrogen-bond donors (Lipinski definition) is 0. The lowest BCUT2D eigenvalue weighted by molar-refractivity contribution is -0.129. The smallest absolute Gasteiger partial charge is 0.219 e. The second kappa shape index (κ2) is 6.18. The Hall–Kier alpha value is -2.36. The molecule has 0 aliphatic carbocycles. The van der Waals surface area contributed by atoms with Crippen LogP contribution >= 0.6 is 0 Å². The first kappa shape index (κ1) is 14.6. The molecule has 0 spiro atoms. The molecule has 1 saturated heterocycles. The molecule has 1 fully saturated rings. The Morgan fingerprint density at radius 3 is 2.73 bits per heavy atom. The normalized spacial score (nSPS) is 17.5. The minimum Gasteiger partial charge on any atom is -0.336 e. The molecule has 1 unspecified atom stereocenters. The standard InChI is InChI=1S/C18H21N3O/c1-14(22)21-13-7-11-17(21)16-10-6-12-19-18(16)20(2)15-8-4-3-5-9-15/h3-6,8-10,12,17H,7,11,13H2,1-2H3. The van der Waals surface area contributed by atoms with Gasteiger partial charge in [0.25, 0.3) is 0 Å². The second-order valence-corrected chi connectivity index (χ2v) is 5.68. The van der Waals surface area contributed by atoms with Crippen molar-refractivity contribution in [3.8, 4) is 0 Å². The molecule has 3 rings (SSSR count). The zero-order valence-electron chi connectivity index (χ0n) is 13.1. The lowest BCUT2D eigenvalue weighted by atomic mass is 10.0. The fourth-order valence-corrected chi connectivity index (χ4v) is 3.19. The topological polar surface area (TPSA) is 36.4 Å². The maximum atomic E-state index is 11.9. The van der Waals surface area contributed by atoms with Crippen LogP contribution in [0, 0.1) is 0 Å². The number of rotatable bonds is 3. The molecule has 2 heterocycles. The molecule has 2 aromatic rings. The summed E-state index contributed by atoms with van der Waals surface area (Å²) in [4.78, 5) is 20.5. The maximum Gasteiger partial charge on any atom is 0.219 e. The Morgan fingerprint density at radius 1 is 1.23 bits per heavy atom. The Labute approximate surface area is 131 Å². The van der Waals surface area contributed by atoms with Crippen molar-refractivity contribution in [1.82, 2.24) is 9.88 Å². The van der Waals surface area contributed by atoms with Crippen LogP contribution in [-0.4, -0.2) is 29.4 Å². The minimum absolute atomic E-state index is 0.132. The lowest BCUT2D eigenvalue weighted by Crippen LogP contribution is -2.29. The molecule has 1 aromatic carbocycles. The summed E-state index contributed by atoms with van der Waals surface area (Å²) in [5, 5.41) is 0. The van der Waals surface area contributed by atoms with Crippen molar-refractivity contribution in [3.05, 3.63) is 54.2 Å². The molecular weight excluding hydrogens is 274 g/mol. The van der Waals surface area contributed by atoms with Crippen molar-refractivity contribution in [1.29, 1.82) is 0 Å². The summed E-state index contributed by atoms with van der Waals surface area (Å²) < 4.78 is 0. The van der Waals surface area contributed by atoms with Gasteiger partial charge < -0.3 is 9.80 Å². The predicted octanol–water partition coefficient (Wildman–Crippen LogP) is 3.53. The first-order valence-electron chi connectivity index (χ1n) is 7.69. The molecule has 4 nitrogen and oxygen atoms in total. The van der Waals surface area contributed by atoms with E-state index in [0.29, 0.717) is 0 Å². The van der Waals surface area contributed by atoms with Crippen molar-refractivity contribution in [3.63, 3.8) is 0 Å². The summed E-state index contributed by atoms with van der Waals surface area (Å²) in [6.07, 6.45) is 3.86. The van der Waals surface area contributed by atoms with Gasteiger partial charge in [-0.25, -0.2) is 4.98 Å². The van der Waals surface area contributed by atoms with Gasteiger partial charge in [0.15, 0.2) is 0 Å². The highest BCUT2D eigenvalue weighted by Crippen LogP contribution is 2.37. The summed E-state index contributed by atoms with van der Waals surface area (Å²) in [5.74, 6) is 1.06. The van der Waals surface area contributed by atoms with Crippen LogP contribution in [0.4, 0.5) is 11.5 Å². The number of benzene rings is 1. The fourth-order valence-electron chi connectivity index (χ4n) is 3.19. The number of carbonyl (C=O) groups excluding carboxylic acids is 1. The van der Waals surface area contributed by atoms with E-state index in [2.05, 4.69) is 28.1 Å². The molecular formula is C18H21N3O. The largest absolute Gasteiger partial charge is 0.336 e. The number of aromatic nitrogens is 1. The number of anilines is 2. The fraction of sp³-hybridized carbons (Fsp3) is 0.333. The average Bonchev–Trinajstić information content (AvgIpc) is 3.05. The highest BCUT2D eigenvalue weighted by Gasteiger charge is 2.30. The monoisotopic (exact) mass is 295 g/mol. The summed E-state index contributed by atoms with van der Waals surface area (Å²) in [7, 11) is 2.02. The first-order chi connectivity index (χ1) is 10.7. The number of nitrogens with zero attached hydrogens (tertiary/aromatic N) is 3. The number of amides is 1. The molecule has 1 aliphatic heterocycles. The van der Waals surface area contributed by atoms with Gasteiger partial charge >= 0.3 is 0 Å². The Balaban J connectivity index is 1.98. The predicted molar refractivity (Wildman–Crippen MR) is 88.1 cm³/mol. The highest BCUT2D eigenvalue weighted by atomic mass is 16.2. The number of hydrogen-bond acceptors (Lipinski definition) is 3. The number of likely N-dealkylation sites (tertiary alicyclic amines) is 1. The quantitative estimate of drug-likeness (QED) is 0.869. The van der Waals surface area contributed by atoms with E-state index in [0.717, 1.165) is 36.5 Å². The van der Waals surface area contributed by atoms with Crippen LogP contribution in [-0.2, 0) is 4.79 Å². The summed E-state index contributed by atoms with van der Waals surface area (Å²) >= 11 is 0. The van der Waals surface area contributed by atoms with Gasteiger partial charge in [0, 0.05) is 38.0 Å². The van der Waals surface area contributed by atoms with Crippen LogP contribution in [0.5, 0.6) is 0 Å². The number of pyridine rings is 1. The van der Waals surface area contributed by atoms with Crippen LogP contribution in [0.15, 0.2) is 48.7 Å². The Bertz CT molecular complexity index is 656. The molecule has 0 saturated carbocycles. The van der Waals surface area contributed by atoms with E-state index in [1.807, 2.05) is 42.4 Å². The van der Waals surface area contributed by atoms with E-state index in [-0.39, 0.29) is 11.9 Å². The van der Waals surface area contributed by atoms with Gasteiger partial charge in [-0.05, 0) is 31.0 Å². The average molecular weight is 295 g/mol. The van der Waals surface area contributed by atoms with Gasteiger partial charge in [-0.15, -0.1) is 0 Å². The van der Waals surface area contributed by atoms with Gasteiger partial charge in [0.1, 0.15) is 5.82 Å². The highest BCUT2D eigenvalue weighted by molar-refractivity contribution is 5.75. The summed E-state index contributed by atoms with van der Waals surface area (Å²) in [6, 6.07) is 14.4. The van der Waals surface area contributed by atoms with Crippen LogP contribution < -0.4 is 4.90 Å². The first-order valence-corrected chi connectivity index (χ1v) is 7.69. The van der Waals surface area contributed by atoms with Gasteiger partial charge in [-0.3, -0.25) is 4.79 Å². The zero-order valence-corrected chi connectivity index (χ0v) is 13.1. The van der Waals surface area contributed by atoms with Gasteiger partial charge in [0.2, 0.25) is 5.91 Å². The molecule has 1 aromatic heterocycles. The van der Waals surface area contributed by atoms with E-state index in [1.54, 1.807) is 6.92 Å². The van der Waals surface area contributed by atoms with Crippen LogP contribution in [0.3, 0.4) is 0 Å². The molecule has 1 amide bonds. The molecule has 0 bridgehead atoms. The lowest BCUT2D eigenvalue weighted by Gasteiger charge is -2.28. The van der Waals surface area contributed by atoms with E-state index in [4.69, 9.17) is 0 Å². The van der Waals surface area contributed by atoms with Gasteiger partial charge in [-0.1, -0.05) is 24.3 Å².